The molecule has 2 aliphatic heterocycles. The van der Waals surface area contributed by atoms with Crippen molar-refractivity contribution >= 4 is 46.2 Å². The molecule has 2 N–H and O–H groups in total. The second-order valence-corrected chi connectivity index (χ2v) is 10.8. The molecule has 2 saturated heterocycles. The van der Waals surface area contributed by atoms with E-state index in [0.29, 0.717) is 44.0 Å². The van der Waals surface area contributed by atoms with Crippen molar-refractivity contribution in [3.05, 3.63) is 58.0 Å². The molecule has 0 spiro atoms. The van der Waals surface area contributed by atoms with Crippen LogP contribution in [0.1, 0.15) is 23.1 Å². The first-order valence-electron chi connectivity index (χ1n) is 12.1. The standard InChI is InChI=1S/C26H23F6N3O4S2/c27-25(28,29)17-11-16(12-18(13-17)26(30,31)32)19-9-15(1-2-20(19)39-14-34-5-7-38-8-6-34)10-21-23(37)35(24(40)41-21)4-3-22(33)36/h1-2,9-13H,3-8,14H2,(H2,33,36). The minimum Gasteiger partial charge on any atom is -0.477 e. The number of hydrogen-bond acceptors (Lipinski definition) is 7. The van der Waals surface area contributed by atoms with Crippen LogP contribution in [0.3, 0.4) is 0 Å². The van der Waals surface area contributed by atoms with E-state index in [9.17, 15) is 35.9 Å². The number of rotatable bonds is 8. The van der Waals surface area contributed by atoms with Gasteiger partial charge in [0.15, 0.2) is 0 Å². The number of morpholine rings is 1. The van der Waals surface area contributed by atoms with Gasteiger partial charge < -0.3 is 15.2 Å². The van der Waals surface area contributed by atoms with Crippen LogP contribution in [0, 0.1) is 0 Å². The molecule has 0 bridgehead atoms. The molecule has 2 aliphatic rings. The van der Waals surface area contributed by atoms with Gasteiger partial charge in [-0.25, -0.2) is 0 Å². The van der Waals surface area contributed by atoms with E-state index in [-0.39, 0.29) is 51.9 Å². The van der Waals surface area contributed by atoms with Gasteiger partial charge in [-0.15, -0.1) is 0 Å². The van der Waals surface area contributed by atoms with Gasteiger partial charge in [-0.2, -0.15) is 26.3 Å². The van der Waals surface area contributed by atoms with E-state index in [0.717, 1.165) is 11.8 Å². The van der Waals surface area contributed by atoms with Crippen molar-refractivity contribution in [2.45, 2.75) is 18.8 Å². The Labute approximate surface area is 240 Å². The van der Waals surface area contributed by atoms with Gasteiger partial charge >= 0.3 is 12.4 Å². The second kappa shape index (κ2) is 12.4. The molecule has 2 fully saturated rings. The maximum atomic E-state index is 13.6. The second-order valence-electron chi connectivity index (χ2n) is 9.10. The van der Waals surface area contributed by atoms with Crippen LogP contribution in [0.2, 0.25) is 0 Å². The van der Waals surface area contributed by atoms with Crippen molar-refractivity contribution in [2.24, 2.45) is 5.73 Å². The topological polar surface area (TPSA) is 85.1 Å². The molecule has 2 amide bonds. The number of thiocarbonyl (C=S) groups is 1. The van der Waals surface area contributed by atoms with Crippen molar-refractivity contribution in [1.29, 1.82) is 0 Å². The number of carbonyl (C=O) groups is 2. The lowest BCUT2D eigenvalue weighted by Crippen LogP contribution is -2.38. The number of nitrogens with two attached hydrogens (primary N) is 1. The molecule has 41 heavy (non-hydrogen) atoms. The van der Waals surface area contributed by atoms with Crippen LogP contribution in [0.4, 0.5) is 26.3 Å². The molecule has 2 aromatic rings. The Morgan fingerprint density at radius 1 is 1.05 bits per heavy atom. The van der Waals surface area contributed by atoms with Crippen molar-refractivity contribution in [3.63, 3.8) is 0 Å². The minimum atomic E-state index is -5.04. The predicted octanol–water partition coefficient (Wildman–Crippen LogP) is 5.14. The largest absolute Gasteiger partial charge is 0.477 e. The van der Waals surface area contributed by atoms with Gasteiger partial charge in [0.25, 0.3) is 5.91 Å². The Bertz CT molecular complexity index is 1340. The molecule has 0 saturated carbocycles. The van der Waals surface area contributed by atoms with Gasteiger partial charge in [0.1, 0.15) is 16.8 Å². The SMILES string of the molecule is NC(=O)CCN1C(=O)C(=Cc2ccc(OCN3CCOCC3)c(-c3cc(C(F)(F)F)cc(C(F)(F)F)c3)c2)SC1=S. The Hall–Kier alpha value is -3.14. The highest BCUT2D eigenvalue weighted by Gasteiger charge is 2.37. The Morgan fingerprint density at radius 2 is 1.68 bits per heavy atom. The molecule has 220 valence electrons. The van der Waals surface area contributed by atoms with E-state index in [1.54, 1.807) is 0 Å². The fourth-order valence-electron chi connectivity index (χ4n) is 4.06. The number of carbonyl (C=O) groups excluding carboxylic acids is 2. The van der Waals surface area contributed by atoms with E-state index in [2.05, 4.69) is 0 Å². The number of primary amides is 1. The number of thioether (sulfide) groups is 1. The first-order chi connectivity index (χ1) is 19.2. The molecular weight excluding hydrogens is 596 g/mol. The number of amides is 2. The summed E-state index contributed by atoms with van der Waals surface area (Å²) in [5.41, 5.74) is 2.11. The molecule has 2 aromatic carbocycles. The summed E-state index contributed by atoms with van der Waals surface area (Å²) < 4.78 is 93.0. The summed E-state index contributed by atoms with van der Waals surface area (Å²) in [6, 6.07) is 5.59. The Balaban J connectivity index is 1.76. The number of alkyl halides is 6. The summed E-state index contributed by atoms with van der Waals surface area (Å²) in [6.45, 7) is 1.98. The van der Waals surface area contributed by atoms with Gasteiger partial charge in [0.05, 0.1) is 29.2 Å². The lowest BCUT2D eigenvalue weighted by molar-refractivity contribution is -0.143. The van der Waals surface area contributed by atoms with Crippen molar-refractivity contribution in [2.75, 3.05) is 39.6 Å². The van der Waals surface area contributed by atoms with E-state index >= 15 is 0 Å². The van der Waals surface area contributed by atoms with E-state index in [4.69, 9.17) is 27.4 Å². The Kier molecular flexibility index (Phi) is 9.31. The predicted molar refractivity (Wildman–Crippen MR) is 143 cm³/mol. The van der Waals surface area contributed by atoms with Gasteiger partial charge in [0.2, 0.25) is 5.91 Å². The number of halogens is 6. The summed E-state index contributed by atoms with van der Waals surface area (Å²) in [7, 11) is 0. The molecule has 0 radical (unpaired) electrons. The molecule has 0 aromatic heterocycles. The smallest absolute Gasteiger partial charge is 0.416 e. The number of hydrogen-bond donors (Lipinski definition) is 1. The van der Waals surface area contributed by atoms with E-state index in [1.807, 2.05) is 4.90 Å². The fourth-order valence-corrected chi connectivity index (χ4v) is 5.37. The van der Waals surface area contributed by atoms with Crippen LogP contribution in [0.5, 0.6) is 5.75 Å². The third-order valence-corrected chi connectivity index (χ3v) is 7.54. The maximum absolute atomic E-state index is 13.6. The highest BCUT2D eigenvalue weighted by Crippen LogP contribution is 2.41. The first kappa shape index (κ1) is 30.8. The van der Waals surface area contributed by atoms with Crippen molar-refractivity contribution < 1.29 is 45.4 Å². The molecule has 0 aliphatic carbocycles. The van der Waals surface area contributed by atoms with E-state index in [1.165, 1.54) is 29.2 Å². The van der Waals surface area contributed by atoms with Gasteiger partial charge in [0, 0.05) is 31.6 Å². The fraction of sp³-hybridized carbons (Fsp3) is 0.346. The molecule has 0 unspecified atom stereocenters. The summed E-state index contributed by atoms with van der Waals surface area (Å²) in [5, 5.41) is 0. The quantitative estimate of drug-likeness (QED) is 0.249. The van der Waals surface area contributed by atoms with Gasteiger partial charge in [-0.05, 0) is 47.5 Å². The summed E-state index contributed by atoms with van der Waals surface area (Å²) in [6.07, 6.45) is -8.78. The van der Waals surface area contributed by atoms with Gasteiger partial charge in [-0.3, -0.25) is 19.4 Å². The number of nitrogens with zero attached hydrogens (tertiary/aromatic N) is 2. The molecule has 4 rings (SSSR count). The van der Waals surface area contributed by atoms with Crippen LogP contribution < -0.4 is 10.5 Å². The zero-order chi connectivity index (χ0) is 29.9. The minimum absolute atomic E-state index is 0.0264. The molecule has 2 heterocycles. The lowest BCUT2D eigenvalue weighted by atomic mass is 9.96. The zero-order valence-electron chi connectivity index (χ0n) is 21.2. The number of benzene rings is 2. The van der Waals surface area contributed by atoms with Crippen LogP contribution in [-0.2, 0) is 26.7 Å². The molecule has 15 heteroatoms. The zero-order valence-corrected chi connectivity index (χ0v) is 22.8. The summed E-state index contributed by atoms with van der Waals surface area (Å²) >= 11 is 6.15. The first-order valence-corrected chi connectivity index (χ1v) is 13.4. The molecule has 0 atom stereocenters. The Morgan fingerprint density at radius 3 is 2.27 bits per heavy atom. The van der Waals surface area contributed by atoms with Crippen LogP contribution in [0.25, 0.3) is 17.2 Å². The highest BCUT2D eigenvalue weighted by molar-refractivity contribution is 8.26. The van der Waals surface area contributed by atoms with Crippen molar-refractivity contribution in [3.8, 4) is 16.9 Å². The van der Waals surface area contributed by atoms with E-state index < -0.39 is 35.3 Å². The third kappa shape index (κ3) is 7.78. The molecule has 7 nitrogen and oxygen atoms in total. The summed E-state index contributed by atoms with van der Waals surface area (Å²) in [5.74, 6) is -1.08. The lowest BCUT2D eigenvalue weighted by Gasteiger charge is -2.27. The average Bonchev–Trinajstić information content (AvgIpc) is 3.17. The maximum Gasteiger partial charge on any atom is 0.416 e. The summed E-state index contributed by atoms with van der Waals surface area (Å²) in [4.78, 5) is 27.2. The van der Waals surface area contributed by atoms with Gasteiger partial charge in [-0.1, -0.05) is 30.0 Å². The van der Waals surface area contributed by atoms with Crippen molar-refractivity contribution in [1.82, 2.24) is 9.80 Å². The third-order valence-electron chi connectivity index (χ3n) is 6.16. The van der Waals surface area contributed by atoms with Crippen LogP contribution in [-0.4, -0.2) is 65.5 Å². The highest BCUT2D eigenvalue weighted by atomic mass is 32.2. The monoisotopic (exact) mass is 619 g/mol. The average molecular weight is 620 g/mol. The van der Waals surface area contributed by atoms with Crippen LogP contribution >= 0.6 is 24.0 Å². The van der Waals surface area contributed by atoms with Crippen LogP contribution in [0.15, 0.2) is 41.3 Å². The normalized spacial score (nSPS) is 17.9. The molecular formula is C26H23F6N3O4S2. The number of ether oxygens (including phenoxy) is 2.